The van der Waals surface area contributed by atoms with Crippen LogP contribution >= 0.6 is 0 Å². The van der Waals surface area contributed by atoms with Crippen LogP contribution in [0.2, 0.25) is 0 Å². The fourth-order valence-corrected chi connectivity index (χ4v) is 1.55. The van der Waals surface area contributed by atoms with Gasteiger partial charge in [0.15, 0.2) is 0 Å². The molecule has 3 unspecified atom stereocenters. The minimum atomic E-state index is -1.54. The Kier molecular flexibility index (Phi) is 2.07. The number of furan rings is 1. The minimum Gasteiger partial charge on any atom is -0.479 e. The van der Waals surface area contributed by atoms with E-state index in [-0.39, 0.29) is 5.76 Å². The van der Waals surface area contributed by atoms with Gasteiger partial charge >= 0.3 is 5.97 Å². The second kappa shape index (κ2) is 3.13. The summed E-state index contributed by atoms with van der Waals surface area (Å²) >= 11 is 0. The Hall–Kier alpha value is -1.29. The summed E-state index contributed by atoms with van der Waals surface area (Å²) in [7, 11) is 0. The molecule has 3 atom stereocenters. The molecule has 4 nitrogen and oxygen atoms in total. The number of aliphatic hydroxyl groups is 1. The first-order chi connectivity index (χ1) is 6.59. The van der Waals surface area contributed by atoms with Crippen molar-refractivity contribution in [3.63, 3.8) is 0 Å². The number of carboxylic acid groups (broad SMARTS) is 1. The van der Waals surface area contributed by atoms with Crippen LogP contribution in [0.3, 0.4) is 0 Å². The highest BCUT2D eigenvalue weighted by Gasteiger charge is 2.37. The molecule has 0 aromatic carbocycles. The molecular formula is C10H12O4. The molecule has 1 aromatic heterocycles. The number of aliphatic hydroxyl groups excluding tert-OH is 1. The van der Waals surface area contributed by atoms with Crippen LogP contribution in [0.25, 0.3) is 0 Å². The molecule has 14 heavy (non-hydrogen) atoms. The van der Waals surface area contributed by atoms with Crippen LogP contribution < -0.4 is 0 Å². The molecule has 0 amide bonds. The first-order valence-electron chi connectivity index (χ1n) is 4.60. The second-order valence-electron chi connectivity index (χ2n) is 3.80. The molecule has 0 radical (unpaired) electrons. The molecule has 0 bridgehead atoms. The van der Waals surface area contributed by atoms with E-state index in [1.807, 2.05) is 0 Å². The Bertz CT molecular complexity index is 355. The molecule has 1 heterocycles. The molecule has 0 aliphatic heterocycles. The monoisotopic (exact) mass is 196 g/mol. The van der Waals surface area contributed by atoms with Gasteiger partial charge in [0.2, 0.25) is 6.10 Å². The molecular weight excluding hydrogens is 184 g/mol. The van der Waals surface area contributed by atoms with Crippen LogP contribution in [0.1, 0.15) is 36.9 Å². The third-order valence-electron chi connectivity index (χ3n) is 2.63. The lowest BCUT2D eigenvalue weighted by molar-refractivity contribution is -0.147. The lowest BCUT2D eigenvalue weighted by Gasteiger charge is -2.00. The average Bonchev–Trinajstić information content (AvgIpc) is 2.67. The van der Waals surface area contributed by atoms with Crippen molar-refractivity contribution in [1.29, 1.82) is 0 Å². The molecule has 2 rings (SSSR count). The number of aliphatic carboxylic acids is 1. The van der Waals surface area contributed by atoms with Crippen LogP contribution in [-0.4, -0.2) is 16.2 Å². The quantitative estimate of drug-likeness (QED) is 0.768. The first-order valence-corrected chi connectivity index (χ1v) is 4.60. The van der Waals surface area contributed by atoms with Crippen molar-refractivity contribution in [3.05, 3.63) is 23.7 Å². The summed E-state index contributed by atoms with van der Waals surface area (Å²) in [6, 6.07) is 3.27. The van der Waals surface area contributed by atoms with E-state index in [1.165, 1.54) is 6.07 Å². The molecule has 4 heteroatoms. The molecule has 1 aromatic rings. The van der Waals surface area contributed by atoms with Gasteiger partial charge in [-0.05, 0) is 24.5 Å². The third-order valence-corrected chi connectivity index (χ3v) is 2.63. The van der Waals surface area contributed by atoms with Crippen molar-refractivity contribution < 1.29 is 19.4 Å². The van der Waals surface area contributed by atoms with Crippen molar-refractivity contribution in [2.75, 3.05) is 0 Å². The van der Waals surface area contributed by atoms with Gasteiger partial charge in [0.1, 0.15) is 11.5 Å². The third kappa shape index (κ3) is 1.53. The average molecular weight is 196 g/mol. The maximum Gasteiger partial charge on any atom is 0.340 e. The summed E-state index contributed by atoms with van der Waals surface area (Å²) in [5.41, 5.74) is 0. The fraction of sp³-hybridized carbons (Fsp3) is 0.500. The second-order valence-corrected chi connectivity index (χ2v) is 3.80. The van der Waals surface area contributed by atoms with Crippen LogP contribution in [0.5, 0.6) is 0 Å². The summed E-state index contributed by atoms with van der Waals surface area (Å²) in [6.45, 7) is 2.11. The van der Waals surface area contributed by atoms with Gasteiger partial charge in [0, 0.05) is 5.92 Å². The van der Waals surface area contributed by atoms with Gasteiger partial charge in [-0.2, -0.15) is 0 Å². The number of carbonyl (C=O) groups is 1. The van der Waals surface area contributed by atoms with Crippen molar-refractivity contribution in [3.8, 4) is 0 Å². The van der Waals surface area contributed by atoms with Crippen molar-refractivity contribution in [2.24, 2.45) is 5.92 Å². The largest absolute Gasteiger partial charge is 0.479 e. The topological polar surface area (TPSA) is 70.7 Å². The number of hydrogen-bond donors (Lipinski definition) is 2. The van der Waals surface area contributed by atoms with Gasteiger partial charge in [0.25, 0.3) is 0 Å². The van der Waals surface area contributed by atoms with E-state index in [4.69, 9.17) is 9.52 Å². The zero-order valence-electron chi connectivity index (χ0n) is 7.80. The van der Waals surface area contributed by atoms with E-state index < -0.39 is 12.1 Å². The van der Waals surface area contributed by atoms with E-state index in [9.17, 15) is 9.90 Å². The van der Waals surface area contributed by atoms with Gasteiger partial charge in [-0.15, -0.1) is 0 Å². The van der Waals surface area contributed by atoms with Gasteiger partial charge in [-0.25, -0.2) is 4.79 Å². The number of rotatable bonds is 3. The summed E-state index contributed by atoms with van der Waals surface area (Å²) in [5, 5.41) is 17.7. The highest BCUT2D eigenvalue weighted by molar-refractivity contribution is 5.73. The standard InChI is InChI=1S/C10H12O4/c1-5-4-6(5)7-2-3-8(14-7)9(11)10(12)13/h2-3,5-6,9,11H,4H2,1H3,(H,12,13). The summed E-state index contributed by atoms with van der Waals surface area (Å²) in [5.74, 6) is 0.634. The lowest BCUT2D eigenvalue weighted by Crippen LogP contribution is -2.09. The minimum absolute atomic E-state index is 0.117. The smallest absolute Gasteiger partial charge is 0.340 e. The molecule has 1 fully saturated rings. The van der Waals surface area contributed by atoms with Gasteiger partial charge in [0.05, 0.1) is 0 Å². The van der Waals surface area contributed by atoms with Crippen LogP contribution in [-0.2, 0) is 4.79 Å². The molecule has 1 aliphatic carbocycles. The van der Waals surface area contributed by atoms with Gasteiger partial charge in [-0.1, -0.05) is 6.92 Å². The van der Waals surface area contributed by atoms with Crippen LogP contribution in [0, 0.1) is 5.92 Å². The lowest BCUT2D eigenvalue weighted by atomic mass is 10.2. The Morgan fingerprint density at radius 2 is 2.29 bits per heavy atom. The predicted octanol–water partition coefficient (Wildman–Crippen LogP) is 1.52. The van der Waals surface area contributed by atoms with Gasteiger partial charge < -0.3 is 14.6 Å². The van der Waals surface area contributed by atoms with Gasteiger partial charge in [-0.3, -0.25) is 0 Å². The zero-order chi connectivity index (χ0) is 10.3. The predicted molar refractivity (Wildman–Crippen MR) is 47.8 cm³/mol. The Labute approximate surface area is 81.2 Å². The van der Waals surface area contributed by atoms with E-state index in [0.717, 1.165) is 12.2 Å². The summed E-state index contributed by atoms with van der Waals surface area (Å²) < 4.78 is 5.27. The van der Waals surface area contributed by atoms with E-state index >= 15 is 0 Å². The molecule has 2 N–H and O–H groups in total. The zero-order valence-corrected chi connectivity index (χ0v) is 7.80. The molecule has 1 aliphatic rings. The Morgan fingerprint density at radius 1 is 1.64 bits per heavy atom. The SMILES string of the molecule is CC1CC1c1ccc(C(O)C(=O)O)o1. The summed E-state index contributed by atoms with van der Waals surface area (Å²) in [6.07, 6.45) is -0.464. The van der Waals surface area contributed by atoms with Crippen molar-refractivity contribution >= 4 is 5.97 Å². The van der Waals surface area contributed by atoms with Crippen molar-refractivity contribution in [2.45, 2.75) is 25.4 Å². The van der Waals surface area contributed by atoms with E-state index in [0.29, 0.717) is 11.8 Å². The molecule has 1 saturated carbocycles. The number of hydrogen-bond acceptors (Lipinski definition) is 3. The maximum absolute atomic E-state index is 10.4. The number of carboxylic acids is 1. The van der Waals surface area contributed by atoms with E-state index in [2.05, 4.69) is 6.92 Å². The fourth-order valence-electron chi connectivity index (χ4n) is 1.55. The van der Waals surface area contributed by atoms with E-state index in [1.54, 1.807) is 6.07 Å². The Morgan fingerprint density at radius 3 is 2.79 bits per heavy atom. The normalized spacial score (nSPS) is 27.3. The van der Waals surface area contributed by atoms with Crippen LogP contribution in [0.15, 0.2) is 16.5 Å². The van der Waals surface area contributed by atoms with Crippen LogP contribution in [0.4, 0.5) is 0 Å². The first kappa shape index (κ1) is 9.27. The highest BCUT2D eigenvalue weighted by atomic mass is 16.4. The molecule has 0 saturated heterocycles. The maximum atomic E-state index is 10.4. The molecule has 76 valence electrons. The Balaban J connectivity index is 2.13. The highest BCUT2D eigenvalue weighted by Crippen LogP contribution is 2.47. The molecule has 0 spiro atoms. The van der Waals surface area contributed by atoms with Crippen molar-refractivity contribution in [1.82, 2.24) is 0 Å². The summed E-state index contributed by atoms with van der Waals surface area (Å²) in [4.78, 5) is 10.4.